The molecule has 0 N–H and O–H groups in total. The van der Waals surface area contributed by atoms with Crippen LogP contribution in [0.3, 0.4) is 0 Å². The first-order chi connectivity index (χ1) is 13.7. The normalized spacial score (nSPS) is 14.4. The minimum Gasteiger partial charge on any atom is -0.356 e. The molecule has 6 nitrogen and oxygen atoms in total. The van der Waals surface area contributed by atoms with Crippen LogP contribution in [-0.2, 0) is 12.8 Å². The van der Waals surface area contributed by atoms with Crippen LogP contribution in [0.5, 0.6) is 0 Å². The number of fused-ring (bicyclic) bond motifs is 2. The molecular formula is C22H24N6. The van der Waals surface area contributed by atoms with E-state index in [0.29, 0.717) is 0 Å². The monoisotopic (exact) mass is 372 g/mol. The smallest absolute Gasteiger partial charge is 0.141 e. The summed E-state index contributed by atoms with van der Waals surface area (Å²) >= 11 is 0. The summed E-state index contributed by atoms with van der Waals surface area (Å²) in [7, 11) is 0. The molecule has 28 heavy (non-hydrogen) atoms. The van der Waals surface area contributed by atoms with Crippen molar-refractivity contribution in [2.75, 3.05) is 18.0 Å². The van der Waals surface area contributed by atoms with Crippen LogP contribution in [0.1, 0.15) is 35.6 Å². The molecule has 4 aromatic heterocycles. The third kappa shape index (κ3) is 2.89. The summed E-state index contributed by atoms with van der Waals surface area (Å²) in [5, 5.41) is 0. The molecular weight excluding hydrogens is 348 g/mol. The highest BCUT2D eigenvalue weighted by atomic mass is 15.3. The van der Waals surface area contributed by atoms with Crippen molar-refractivity contribution in [3.63, 3.8) is 0 Å². The Bertz CT molecular complexity index is 1160. The molecule has 6 heteroatoms. The molecule has 0 aliphatic carbocycles. The number of rotatable bonds is 4. The zero-order valence-electron chi connectivity index (χ0n) is 16.4. The highest BCUT2D eigenvalue weighted by Gasteiger charge is 2.22. The van der Waals surface area contributed by atoms with Gasteiger partial charge in [-0.15, -0.1) is 0 Å². The Kier molecular flexibility index (Phi) is 4.19. The van der Waals surface area contributed by atoms with E-state index >= 15 is 0 Å². The number of anilines is 1. The fraction of sp³-hybridized carbons (Fsp3) is 0.364. The first-order valence-corrected chi connectivity index (χ1v) is 10.0. The second-order valence-electron chi connectivity index (χ2n) is 7.56. The van der Waals surface area contributed by atoms with Crippen LogP contribution in [-0.4, -0.2) is 37.4 Å². The molecule has 1 saturated heterocycles. The molecule has 1 fully saturated rings. The van der Waals surface area contributed by atoms with Crippen LogP contribution in [0.4, 0.5) is 5.82 Å². The minimum absolute atomic E-state index is 0.773. The van der Waals surface area contributed by atoms with E-state index in [-0.39, 0.29) is 0 Å². The summed E-state index contributed by atoms with van der Waals surface area (Å²) < 4.78 is 2.26. The van der Waals surface area contributed by atoms with Crippen LogP contribution in [0, 0.1) is 13.8 Å². The topological polar surface area (TPSA) is 59.2 Å². The SMILES string of the molecule is Cc1nc(CCc2nc3c(C)cccn3c2N2CCCC2)nc2cccnc12. The van der Waals surface area contributed by atoms with Gasteiger partial charge in [-0.1, -0.05) is 6.07 Å². The number of aromatic nitrogens is 5. The van der Waals surface area contributed by atoms with Crippen LogP contribution in [0.15, 0.2) is 36.7 Å². The third-order valence-corrected chi connectivity index (χ3v) is 5.56. The average molecular weight is 372 g/mol. The summed E-state index contributed by atoms with van der Waals surface area (Å²) in [5.74, 6) is 2.11. The lowest BCUT2D eigenvalue weighted by molar-refractivity contribution is 0.828. The predicted octanol–water partition coefficient (Wildman–Crippen LogP) is 3.67. The van der Waals surface area contributed by atoms with Gasteiger partial charge in [0, 0.05) is 38.3 Å². The predicted molar refractivity (Wildman–Crippen MR) is 111 cm³/mol. The van der Waals surface area contributed by atoms with Gasteiger partial charge < -0.3 is 4.90 Å². The lowest BCUT2D eigenvalue weighted by Gasteiger charge is -2.18. The van der Waals surface area contributed by atoms with E-state index in [4.69, 9.17) is 15.0 Å². The van der Waals surface area contributed by atoms with Gasteiger partial charge in [-0.05, 0) is 50.5 Å². The van der Waals surface area contributed by atoms with Gasteiger partial charge in [0.05, 0.1) is 16.9 Å². The van der Waals surface area contributed by atoms with Gasteiger partial charge in [-0.3, -0.25) is 9.38 Å². The number of imidazole rings is 1. The summed E-state index contributed by atoms with van der Waals surface area (Å²) in [6.45, 7) is 6.34. The quantitative estimate of drug-likeness (QED) is 0.547. The lowest BCUT2D eigenvalue weighted by atomic mass is 10.2. The van der Waals surface area contributed by atoms with Gasteiger partial charge in [0.15, 0.2) is 0 Å². The molecule has 0 atom stereocenters. The van der Waals surface area contributed by atoms with Crippen molar-refractivity contribution < 1.29 is 0 Å². The van der Waals surface area contributed by atoms with Crippen molar-refractivity contribution in [2.45, 2.75) is 39.5 Å². The zero-order chi connectivity index (χ0) is 19.1. The van der Waals surface area contributed by atoms with E-state index in [1.54, 1.807) is 6.20 Å². The fourth-order valence-corrected chi connectivity index (χ4v) is 4.19. The summed E-state index contributed by atoms with van der Waals surface area (Å²) in [5.41, 5.74) is 6.13. The second kappa shape index (κ2) is 6.86. The Morgan fingerprint density at radius 1 is 0.964 bits per heavy atom. The lowest BCUT2D eigenvalue weighted by Crippen LogP contribution is -2.21. The van der Waals surface area contributed by atoms with Gasteiger partial charge in [0.25, 0.3) is 0 Å². The van der Waals surface area contributed by atoms with Crippen molar-refractivity contribution in [1.82, 2.24) is 24.3 Å². The number of aryl methyl sites for hydroxylation is 4. The van der Waals surface area contributed by atoms with Crippen LogP contribution in [0.25, 0.3) is 16.7 Å². The maximum Gasteiger partial charge on any atom is 0.141 e. The molecule has 5 rings (SSSR count). The molecule has 0 saturated carbocycles. The zero-order valence-corrected chi connectivity index (χ0v) is 16.4. The van der Waals surface area contributed by atoms with Gasteiger partial charge >= 0.3 is 0 Å². The Morgan fingerprint density at radius 2 is 1.82 bits per heavy atom. The Morgan fingerprint density at radius 3 is 2.68 bits per heavy atom. The number of hydrogen-bond acceptors (Lipinski definition) is 5. The maximum absolute atomic E-state index is 5.01. The van der Waals surface area contributed by atoms with E-state index < -0.39 is 0 Å². The second-order valence-corrected chi connectivity index (χ2v) is 7.56. The van der Waals surface area contributed by atoms with Crippen molar-refractivity contribution in [2.24, 2.45) is 0 Å². The van der Waals surface area contributed by atoms with Gasteiger partial charge in [-0.2, -0.15) is 0 Å². The maximum atomic E-state index is 5.01. The fourth-order valence-electron chi connectivity index (χ4n) is 4.19. The van der Waals surface area contributed by atoms with Crippen molar-refractivity contribution in [3.05, 3.63) is 59.4 Å². The van der Waals surface area contributed by atoms with Gasteiger partial charge in [0.1, 0.15) is 22.8 Å². The molecule has 0 unspecified atom stereocenters. The summed E-state index contributed by atoms with van der Waals surface area (Å²) in [4.78, 5) is 21.3. The van der Waals surface area contributed by atoms with Crippen molar-refractivity contribution >= 4 is 22.5 Å². The van der Waals surface area contributed by atoms with Crippen molar-refractivity contribution in [3.8, 4) is 0 Å². The highest BCUT2D eigenvalue weighted by molar-refractivity contribution is 5.75. The number of pyridine rings is 2. The molecule has 4 aromatic rings. The van der Waals surface area contributed by atoms with Crippen LogP contribution >= 0.6 is 0 Å². The largest absolute Gasteiger partial charge is 0.356 e. The van der Waals surface area contributed by atoms with Crippen LogP contribution < -0.4 is 4.90 Å². The Labute approximate surface area is 164 Å². The first kappa shape index (κ1) is 17.1. The Hall–Kier alpha value is -3.02. The summed E-state index contributed by atoms with van der Waals surface area (Å²) in [6.07, 6.45) is 8.03. The summed E-state index contributed by atoms with van der Waals surface area (Å²) in [6, 6.07) is 8.16. The Balaban J connectivity index is 1.51. The highest BCUT2D eigenvalue weighted by Crippen LogP contribution is 2.28. The molecule has 1 aliphatic rings. The standard InChI is InChI=1S/C22H24N6/c1-15-7-6-14-28-21(15)26-18(22(28)27-12-3-4-13-27)9-10-19-24-16(2)20-17(25-19)8-5-11-23-20/h5-8,11,14H,3-4,9-10,12-13H2,1-2H3. The van der Waals surface area contributed by atoms with Gasteiger partial charge in [-0.25, -0.2) is 15.0 Å². The van der Waals surface area contributed by atoms with E-state index in [2.05, 4.69) is 39.5 Å². The molecule has 0 bridgehead atoms. The van der Waals surface area contributed by atoms with E-state index in [0.717, 1.165) is 59.8 Å². The molecule has 0 amide bonds. The molecule has 0 spiro atoms. The van der Waals surface area contributed by atoms with E-state index in [1.165, 1.54) is 24.2 Å². The van der Waals surface area contributed by atoms with E-state index in [9.17, 15) is 0 Å². The number of nitrogens with zero attached hydrogens (tertiary/aromatic N) is 6. The van der Waals surface area contributed by atoms with Gasteiger partial charge in [0.2, 0.25) is 0 Å². The first-order valence-electron chi connectivity index (χ1n) is 10.0. The minimum atomic E-state index is 0.773. The molecule has 0 aromatic carbocycles. The molecule has 142 valence electrons. The molecule has 5 heterocycles. The number of hydrogen-bond donors (Lipinski definition) is 0. The van der Waals surface area contributed by atoms with Crippen LogP contribution in [0.2, 0.25) is 0 Å². The van der Waals surface area contributed by atoms with E-state index in [1.807, 2.05) is 19.1 Å². The van der Waals surface area contributed by atoms with Crippen molar-refractivity contribution in [1.29, 1.82) is 0 Å². The average Bonchev–Trinajstić information content (AvgIpc) is 3.34. The molecule has 1 aliphatic heterocycles. The third-order valence-electron chi connectivity index (χ3n) is 5.56. The molecule has 0 radical (unpaired) electrons.